The van der Waals surface area contributed by atoms with Crippen molar-refractivity contribution in [2.24, 2.45) is 5.92 Å². The van der Waals surface area contributed by atoms with Crippen LogP contribution in [-0.4, -0.2) is 49.7 Å². The molecule has 8 heteroatoms. The van der Waals surface area contributed by atoms with Crippen LogP contribution in [0.25, 0.3) is 0 Å². The highest BCUT2D eigenvalue weighted by molar-refractivity contribution is 7.89. The van der Waals surface area contributed by atoms with E-state index in [-0.39, 0.29) is 11.5 Å². The van der Waals surface area contributed by atoms with E-state index in [9.17, 15) is 8.42 Å². The molecule has 1 fully saturated rings. The second-order valence-electron chi connectivity index (χ2n) is 4.92. The molecular formula is C12H21N3O4S. The molecule has 2 N–H and O–H groups in total. The number of nitrogens with one attached hydrogen (secondary N) is 1. The summed E-state index contributed by atoms with van der Waals surface area (Å²) >= 11 is 0. The standard InChI is InChI=1S/C12H21N3O4S/c16-5-1-4-15-10-12(9-13-15)20(17,18)14-8-11-2-6-19-7-3-11/h9-11,14,16H,1-8H2. The smallest absolute Gasteiger partial charge is 0.243 e. The van der Waals surface area contributed by atoms with Crippen molar-refractivity contribution in [1.29, 1.82) is 0 Å². The molecule has 2 heterocycles. The molecular weight excluding hydrogens is 282 g/mol. The lowest BCUT2D eigenvalue weighted by atomic mass is 10.0. The average molecular weight is 303 g/mol. The number of aryl methyl sites for hydroxylation is 1. The first-order valence-corrected chi connectivity index (χ1v) is 8.31. The van der Waals surface area contributed by atoms with E-state index < -0.39 is 10.0 Å². The van der Waals surface area contributed by atoms with Gasteiger partial charge in [0, 0.05) is 39.1 Å². The van der Waals surface area contributed by atoms with Gasteiger partial charge in [-0.25, -0.2) is 13.1 Å². The molecule has 114 valence electrons. The summed E-state index contributed by atoms with van der Waals surface area (Å²) in [4.78, 5) is 0.169. The fourth-order valence-electron chi connectivity index (χ4n) is 2.10. The normalized spacial score (nSPS) is 17.4. The third-order valence-electron chi connectivity index (χ3n) is 3.37. The summed E-state index contributed by atoms with van der Waals surface area (Å²) in [6.07, 6.45) is 5.15. The monoisotopic (exact) mass is 303 g/mol. The molecule has 0 spiro atoms. The van der Waals surface area contributed by atoms with Crippen LogP contribution in [0.5, 0.6) is 0 Å². The average Bonchev–Trinajstić information content (AvgIpc) is 2.94. The number of aliphatic hydroxyl groups is 1. The quantitative estimate of drug-likeness (QED) is 0.738. The highest BCUT2D eigenvalue weighted by Crippen LogP contribution is 2.15. The van der Waals surface area contributed by atoms with Crippen molar-refractivity contribution in [3.05, 3.63) is 12.4 Å². The second-order valence-corrected chi connectivity index (χ2v) is 6.69. The molecule has 1 aliphatic heterocycles. The molecule has 0 atom stereocenters. The summed E-state index contributed by atoms with van der Waals surface area (Å²) in [6, 6.07) is 0. The van der Waals surface area contributed by atoms with Crippen molar-refractivity contribution in [3.8, 4) is 0 Å². The van der Waals surface area contributed by atoms with Gasteiger partial charge in [0.25, 0.3) is 0 Å². The predicted octanol–water partition coefficient (Wildman–Crippen LogP) is -0.0296. The summed E-state index contributed by atoms with van der Waals surface area (Å²) in [7, 11) is -3.50. The first-order valence-electron chi connectivity index (χ1n) is 6.82. The molecule has 1 aromatic rings. The van der Waals surface area contributed by atoms with Crippen molar-refractivity contribution in [1.82, 2.24) is 14.5 Å². The van der Waals surface area contributed by atoms with E-state index in [0.29, 0.717) is 38.6 Å². The number of aliphatic hydroxyl groups excluding tert-OH is 1. The molecule has 1 saturated heterocycles. The minimum atomic E-state index is -3.50. The Labute approximate surface area is 119 Å². The Hall–Kier alpha value is -0.960. The minimum absolute atomic E-state index is 0.0595. The van der Waals surface area contributed by atoms with E-state index in [1.165, 1.54) is 17.1 Å². The van der Waals surface area contributed by atoms with Gasteiger partial charge in [-0.1, -0.05) is 0 Å². The lowest BCUT2D eigenvalue weighted by Crippen LogP contribution is -2.32. The number of sulfonamides is 1. The van der Waals surface area contributed by atoms with Crippen LogP contribution >= 0.6 is 0 Å². The molecule has 0 saturated carbocycles. The first kappa shape index (κ1) is 15.4. The zero-order valence-corrected chi connectivity index (χ0v) is 12.2. The molecule has 0 unspecified atom stereocenters. The fourth-order valence-corrected chi connectivity index (χ4v) is 3.17. The molecule has 0 aromatic carbocycles. The molecule has 0 bridgehead atoms. The van der Waals surface area contributed by atoms with E-state index in [2.05, 4.69) is 9.82 Å². The van der Waals surface area contributed by atoms with Gasteiger partial charge in [0.2, 0.25) is 10.0 Å². The van der Waals surface area contributed by atoms with E-state index >= 15 is 0 Å². The summed E-state index contributed by atoms with van der Waals surface area (Å²) in [5, 5.41) is 12.7. The zero-order valence-electron chi connectivity index (χ0n) is 11.4. The van der Waals surface area contributed by atoms with E-state index in [1.54, 1.807) is 0 Å². The Morgan fingerprint density at radius 1 is 1.45 bits per heavy atom. The highest BCUT2D eigenvalue weighted by atomic mass is 32.2. The van der Waals surface area contributed by atoms with Gasteiger partial charge in [-0.15, -0.1) is 0 Å². The summed E-state index contributed by atoms with van der Waals surface area (Å²) in [5.74, 6) is 0.336. The van der Waals surface area contributed by atoms with Gasteiger partial charge in [0.15, 0.2) is 0 Å². The molecule has 1 aliphatic rings. The van der Waals surface area contributed by atoms with Crippen molar-refractivity contribution in [2.45, 2.75) is 30.7 Å². The lowest BCUT2D eigenvalue weighted by molar-refractivity contribution is 0.0678. The molecule has 2 rings (SSSR count). The van der Waals surface area contributed by atoms with E-state index in [4.69, 9.17) is 9.84 Å². The molecule has 0 radical (unpaired) electrons. The number of rotatable bonds is 7. The Morgan fingerprint density at radius 3 is 2.90 bits per heavy atom. The number of aromatic nitrogens is 2. The molecule has 1 aromatic heterocycles. The number of ether oxygens (including phenoxy) is 1. The zero-order chi connectivity index (χ0) is 14.4. The topological polar surface area (TPSA) is 93.5 Å². The molecule has 0 amide bonds. The fraction of sp³-hybridized carbons (Fsp3) is 0.750. The van der Waals surface area contributed by atoms with Crippen molar-refractivity contribution in [2.75, 3.05) is 26.4 Å². The van der Waals surface area contributed by atoms with E-state index in [1.807, 2.05) is 0 Å². The minimum Gasteiger partial charge on any atom is -0.396 e. The number of hydrogen-bond donors (Lipinski definition) is 2. The number of nitrogens with zero attached hydrogens (tertiary/aromatic N) is 2. The maximum Gasteiger partial charge on any atom is 0.243 e. The van der Waals surface area contributed by atoms with Crippen molar-refractivity contribution in [3.63, 3.8) is 0 Å². The van der Waals surface area contributed by atoms with Gasteiger partial charge >= 0.3 is 0 Å². The maximum atomic E-state index is 12.1. The van der Waals surface area contributed by atoms with Crippen LogP contribution in [0.3, 0.4) is 0 Å². The van der Waals surface area contributed by atoms with Crippen LogP contribution < -0.4 is 4.72 Å². The lowest BCUT2D eigenvalue weighted by Gasteiger charge is -2.21. The van der Waals surface area contributed by atoms with Gasteiger partial charge in [-0.05, 0) is 25.2 Å². The Bertz CT molecular complexity index is 509. The largest absolute Gasteiger partial charge is 0.396 e. The summed E-state index contributed by atoms with van der Waals surface area (Å²) in [5.41, 5.74) is 0. The van der Waals surface area contributed by atoms with Crippen molar-refractivity contribution >= 4 is 10.0 Å². The molecule has 20 heavy (non-hydrogen) atoms. The van der Waals surface area contributed by atoms with Crippen LogP contribution in [0, 0.1) is 5.92 Å². The van der Waals surface area contributed by atoms with Gasteiger partial charge < -0.3 is 9.84 Å². The summed E-state index contributed by atoms with van der Waals surface area (Å²) < 4.78 is 33.6. The Morgan fingerprint density at radius 2 is 2.20 bits per heavy atom. The Kier molecular flexibility index (Phi) is 5.53. The Balaban J connectivity index is 1.90. The van der Waals surface area contributed by atoms with E-state index in [0.717, 1.165) is 12.8 Å². The maximum absolute atomic E-state index is 12.1. The third-order valence-corrected chi connectivity index (χ3v) is 4.75. The second kappa shape index (κ2) is 7.16. The SMILES string of the molecule is O=S(=O)(NCC1CCOCC1)c1cnn(CCCO)c1. The highest BCUT2D eigenvalue weighted by Gasteiger charge is 2.20. The third kappa shape index (κ3) is 4.27. The van der Waals surface area contributed by atoms with Crippen LogP contribution in [0.4, 0.5) is 0 Å². The molecule has 7 nitrogen and oxygen atoms in total. The number of hydrogen-bond acceptors (Lipinski definition) is 5. The predicted molar refractivity (Wildman–Crippen MR) is 72.7 cm³/mol. The summed E-state index contributed by atoms with van der Waals surface area (Å²) in [6.45, 7) is 2.40. The van der Waals surface area contributed by atoms with Gasteiger partial charge in [-0.2, -0.15) is 5.10 Å². The van der Waals surface area contributed by atoms with Crippen LogP contribution in [0.1, 0.15) is 19.3 Å². The van der Waals surface area contributed by atoms with Crippen LogP contribution in [0.15, 0.2) is 17.3 Å². The van der Waals surface area contributed by atoms with Gasteiger partial charge in [0.1, 0.15) is 4.90 Å². The van der Waals surface area contributed by atoms with Gasteiger partial charge in [-0.3, -0.25) is 4.68 Å². The van der Waals surface area contributed by atoms with Gasteiger partial charge in [0.05, 0.1) is 6.20 Å². The van der Waals surface area contributed by atoms with Crippen molar-refractivity contribution < 1.29 is 18.3 Å². The first-order chi connectivity index (χ1) is 9.62. The van der Waals surface area contributed by atoms with Crippen LogP contribution in [0.2, 0.25) is 0 Å². The molecule has 0 aliphatic carbocycles. The van der Waals surface area contributed by atoms with Crippen LogP contribution in [-0.2, 0) is 21.3 Å².